The molecule has 29 heavy (non-hydrogen) atoms. The van der Waals surface area contributed by atoms with Crippen molar-refractivity contribution in [1.82, 2.24) is 0 Å². The molecule has 3 aromatic rings. The molecular weight excluding hydrogens is 348 g/mol. The summed E-state index contributed by atoms with van der Waals surface area (Å²) in [5.41, 5.74) is 9.64. The smallest absolute Gasteiger partial charge is 0.0102 e. The van der Waals surface area contributed by atoms with Crippen molar-refractivity contribution in [3.63, 3.8) is 0 Å². The fraction of sp³-hybridized carbons (Fsp3) is 0.379. The highest BCUT2D eigenvalue weighted by Gasteiger charge is 2.18. The Morgan fingerprint density at radius 1 is 0.552 bits per heavy atom. The minimum atomic E-state index is 0.137. The third-order valence-corrected chi connectivity index (χ3v) is 5.79. The Morgan fingerprint density at radius 2 is 1.03 bits per heavy atom. The summed E-state index contributed by atoms with van der Waals surface area (Å²) < 4.78 is 0. The van der Waals surface area contributed by atoms with Gasteiger partial charge in [-0.15, -0.1) is 0 Å². The molecule has 0 fully saturated rings. The van der Waals surface area contributed by atoms with E-state index >= 15 is 0 Å². The highest BCUT2D eigenvalue weighted by atomic mass is 14.2. The van der Waals surface area contributed by atoms with Gasteiger partial charge in [0.2, 0.25) is 0 Å². The van der Waals surface area contributed by atoms with Gasteiger partial charge in [-0.05, 0) is 55.7 Å². The zero-order chi connectivity index (χ0) is 21.4. The molecule has 0 bridgehead atoms. The van der Waals surface area contributed by atoms with Crippen molar-refractivity contribution in [2.24, 2.45) is 0 Å². The highest BCUT2D eigenvalue weighted by Crippen LogP contribution is 2.37. The van der Waals surface area contributed by atoms with Crippen LogP contribution in [-0.2, 0) is 10.8 Å². The third kappa shape index (κ3) is 4.81. The lowest BCUT2D eigenvalue weighted by atomic mass is 9.82. The van der Waals surface area contributed by atoms with Gasteiger partial charge >= 0.3 is 0 Å². The van der Waals surface area contributed by atoms with E-state index in [-0.39, 0.29) is 10.8 Å². The monoisotopic (exact) mass is 384 g/mol. The van der Waals surface area contributed by atoms with E-state index in [4.69, 9.17) is 0 Å². The third-order valence-electron chi connectivity index (χ3n) is 5.79. The summed E-state index contributed by atoms with van der Waals surface area (Å²) in [5.74, 6) is 0.509. The van der Waals surface area contributed by atoms with Gasteiger partial charge in [-0.25, -0.2) is 0 Å². The minimum Gasteiger partial charge on any atom is -0.0614 e. The average Bonchev–Trinajstić information content (AvgIpc) is 2.66. The maximum Gasteiger partial charge on any atom is -0.0102 e. The van der Waals surface area contributed by atoms with Gasteiger partial charge in [0.15, 0.2) is 0 Å². The van der Waals surface area contributed by atoms with Crippen molar-refractivity contribution in [1.29, 1.82) is 0 Å². The van der Waals surface area contributed by atoms with E-state index in [0.717, 1.165) is 0 Å². The molecular formula is C29H36. The van der Waals surface area contributed by atoms with E-state index in [0.29, 0.717) is 5.92 Å². The number of benzene rings is 3. The highest BCUT2D eigenvalue weighted by molar-refractivity contribution is 5.84. The van der Waals surface area contributed by atoms with E-state index in [1.54, 1.807) is 0 Å². The Hall–Kier alpha value is -2.34. The zero-order valence-corrected chi connectivity index (χ0v) is 19.4. The molecule has 0 aliphatic carbocycles. The van der Waals surface area contributed by atoms with E-state index in [2.05, 4.69) is 122 Å². The molecule has 0 radical (unpaired) electrons. The average molecular weight is 385 g/mol. The van der Waals surface area contributed by atoms with Gasteiger partial charge in [-0.1, -0.05) is 122 Å². The second-order valence-corrected chi connectivity index (χ2v) is 10.6. The molecule has 0 atom stereocenters. The SMILES string of the molecule is CC(C)c1ccc(-c2cccc(C(C)(C)C)c2)c(-c2cccc(C(C)(C)C)c2)c1. The van der Waals surface area contributed by atoms with Crippen molar-refractivity contribution in [3.05, 3.63) is 83.4 Å². The second kappa shape index (κ2) is 7.82. The van der Waals surface area contributed by atoms with Crippen molar-refractivity contribution in [2.75, 3.05) is 0 Å². The Balaban J connectivity index is 2.23. The molecule has 0 nitrogen and oxygen atoms in total. The predicted octanol–water partition coefficient (Wildman–Crippen LogP) is 8.74. The summed E-state index contributed by atoms with van der Waals surface area (Å²) in [5, 5.41) is 0. The molecule has 0 unspecified atom stereocenters. The summed E-state index contributed by atoms with van der Waals surface area (Å²) in [6.07, 6.45) is 0. The van der Waals surface area contributed by atoms with Crippen LogP contribution in [0.2, 0.25) is 0 Å². The Kier molecular flexibility index (Phi) is 5.77. The molecule has 0 aliphatic heterocycles. The lowest BCUT2D eigenvalue weighted by molar-refractivity contribution is 0.590. The minimum absolute atomic E-state index is 0.137. The van der Waals surface area contributed by atoms with Gasteiger partial charge in [0.05, 0.1) is 0 Å². The van der Waals surface area contributed by atoms with Gasteiger partial charge in [0, 0.05) is 0 Å². The van der Waals surface area contributed by atoms with Crippen LogP contribution in [0.4, 0.5) is 0 Å². The number of hydrogen-bond acceptors (Lipinski definition) is 0. The predicted molar refractivity (Wildman–Crippen MR) is 129 cm³/mol. The first-order valence-electron chi connectivity index (χ1n) is 10.8. The molecule has 0 saturated heterocycles. The van der Waals surface area contributed by atoms with Crippen LogP contribution < -0.4 is 0 Å². The van der Waals surface area contributed by atoms with E-state index in [9.17, 15) is 0 Å². The Bertz CT molecular complexity index is 991. The van der Waals surface area contributed by atoms with Gasteiger partial charge in [-0.3, -0.25) is 0 Å². The van der Waals surface area contributed by atoms with E-state index < -0.39 is 0 Å². The van der Waals surface area contributed by atoms with Gasteiger partial charge in [0.1, 0.15) is 0 Å². The van der Waals surface area contributed by atoms with Crippen LogP contribution in [0.15, 0.2) is 66.7 Å². The molecule has 0 spiro atoms. The molecule has 0 amide bonds. The largest absolute Gasteiger partial charge is 0.0614 e. The maximum atomic E-state index is 2.39. The summed E-state index contributed by atoms with van der Waals surface area (Å²) in [7, 11) is 0. The van der Waals surface area contributed by atoms with Crippen LogP contribution in [0.1, 0.15) is 78.0 Å². The zero-order valence-electron chi connectivity index (χ0n) is 19.4. The Morgan fingerprint density at radius 3 is 1.48 bits per heavy atom. The molecule has 3 rings (SSSR count). The van der Waals surface area contributed by atoms with Crippen LogP contribution >= 0.6 is 0 Å². The fourth-order valence-electron chi connectivity index (χ4n) is 3.72. The van der Waals surface area contributed by atoms with E-state index in [1.165, 1.54) is 38.9 Å². The van der Waals surface area contributed by atoms with Crippen LogP contribution in [0.5, 0.6) is 0 Å². The van der Waals surface area contributed by atoms with Gasteiger partial charge in [-0.2, -0.15) is 0 Å². The quantitative estimate of drug-likeness (QED) is 0.423. The van der Waals surface area contributed by atoms with Crippen LogP contribution in [0, 0.1) is 0 Å². The van der Waals surface area contributed by atoms with Crippen molar-refractivity contribution >= 4 is 0 Å². The van der Waals surface area contributed by atoms with Gasteiger partial charge in [0.25, 0.3) is 0 Å². The number of hydrogen-bond donors (Lipinski definition) is 0. The molecule has 0 heteroatoms. The summed E-state index contributed by atoms with van der Waals surface area (Å²) in [4.78, 5) is 0. The molecule has 3 aromatic carbocycles. The standard InChI is InChI=1S/C29H36/c1-20(2)21-15-16-26(22-11-9-13-24(17-22)28(3,4)5)27(19-21)23-12-10-14-25(18-23)29(6,7)8/h9-20H,1-8H3. The molecule has 0 aliphatic rings. The molecule has 0 heterocycles. The van der Waals surface area contributed by atoms with Crippen molar-refractivity contribution in [3.8, 4) is 22.3 Å². The first kappa shape index (κ1) is 21.4. The molecule has 0 aromatic heterocycles. The van der Waals surface area contributed by atoms with Gasteiger partial charge < -0.3 is 0 Å². The maximum absolute atomic E-state index is 2.39. The summed E-state index contributed by atoms with van der Waals surface area (Å²) >= 11 is 0. The molecule has 0 N–H and O–H groups in total. The second-order valence-electron chi connectivity index (χ2n) is 10.6. The van der Waals surface area contributed by atoms with Crippen LogP contribution in [-0.4, -0.2) is 0 Å². The first-order valence-corrected chi connectivity index (χ1v) is 10.8. The van der Waals surface area contributed by atoms with E-state index in [1.807, 2.05) is 0 Å². The van der Waals surface area contributed by atoms with Crippen LogP contribution in [0.3, 0.4) is 0 Å². The molecule has 0 saturated carbocycles. The topological polar surface area (TPSA) is 0 Å². The normalized spacial score (nSPS) is 12.4. The lowest BCUT2D eigenvalue weighted by Crippen LogP contribution is -2.11. The van der Waals surface area contributed by atoms with Crippen molar-refractivity contribution < 1.29 is 0 Å². The van der Waals surface area contributed by atoms with Crippen molar-refractivity contribution in [2.45, 2.75) is 72.1 Å². The number of rotatable bonds is 3. The molecule has 152 valence electrons. The first-order chi connectivity index (χ1) is 13.5. The van der Waals surface area contributed by atoms with Crippen LogP contribution in [0.25, 0.3) is 22.3 Å². The summed E-state index contributed by atoms with van der Waals surface area (Å²) in [6.45, 7) is 18.2. The fourth-order valence-corrected chi connectivity index (χ4v) is 3.72. The Labute approximate surface area is 178 Å². The summed E-state index contributed by atoms with van der Waals surface area (Å²) in [6, 6.07) is 25.1. The lowest BCUT2D eigenvalue weighted by Gasteiger charge is -2.22.